The second-order valence-corrected chi connectivity index (χ2v) is 6.54. The van der Waals surface area contributed by atoms with Crippen LogP contribution in [0.2, 0.25) is 0 Å². The van der Waals surface area contributed by atoms with Crippen LogP contribution in [0.4, 0.5) is 13.2 Å². The number of rotatable bonds is 3. The molecule has 2 aliphatic rings. The van der Waals surface area contributed by atoms with E-state index in [4.69, 9.17) is 10.1 Å². The summed E-state index contributed by atoms with van der Waals surface area (Å²) in [7, 11) is 0. The number of benzene rings is 1. The van der Waals surface area contributed by atoms with E-state index in [2.05, 4.69) is 0 Å². The monoisotopic (exact) mass is 313 g/mol. The molecule has 6 heteroatoms. The van der Waals surface area contributed by atoms with Crippen molar-refractivity contribution in [1.29, 1.82) is 5.41 Å². The van der Waals surface area contributed by atoms with E-state index in [0.29, 0.717) is 19.1 Å². The third-order valence-electron chi connectivity index (χ3n) is 4.96. The predicted molar refractivity (Wildman–Crippen MR) is 75.2 cm³/mol. The molecule has 4 atom stereocenters. The Morgan fingerprint density at radius 1 is 1.36 bits per heavy atom. The Labute approximate surface area is 126 Å². The van der Waals surface area contributed by atoms with Crippen molar-refractivity contribution in [2.45, 2.75) is 44.1 Å². The molecule has 0 aromatic heterocycles. The molecule has 0 spiro atoms. The van der Waals surface area contributed by atoms with Crippen LogP contribution in [0, 0.1) is 17.2 Å². The number of nitrogens with one attached hydrogen (secondary N) is 1. The average Bonchev–Trinajstić information content (AvgIpc) is 2.93. The van der Waals surface area contributed by atoms with Crippen molar-refractivity contribution in [3.8, 4) is 5.75 Å². The van der Waals surface area contributed by atoms with Gasteiger partial charge in [-0.2, -0.15) is 13.2 Å². The first-order valence-corrected chi connectivity index (χ1v) is 7.31. The zero-order valence-electron chi connectivity index (χ0n) is 12.2. The quantitative estimate of drug-likeness (QED) is 0.837. The summed E-state index contributed by atoms with van der Waals surface area (Å²) in [6.45, 7) is 1.81. The SMILES string of the molecule is CC1(O)C[C@@H]2C[C@H]1CC2Oc1ccc(C=N)c(C(F)(F)F)c1. The molecule has 0 saturated heterocycles. The molecule has 0 heterocycles. The lowest BCUT2D eigenvalue weighted by molar-refractivity contribution is -0.137. The topological polar surface area (TPSA) is 53.3 Å². The van der Waals surface area contributed by atoms with E-state index in [1.807, 2.05) is 6.92 Å². The summed E-state index contributed by atoms with van der Waals surface area (Å²) in [5, 5.41) is 17.2. The normalized spacial score (nSPS) is 34.0. The van der Waals surface area contributed by atoms with Gasteiger partial charge in [-0.05, 0) is 56.2 Å². The maximum atomic E-state index is 13.0. The van der Waals surface area contributed by atoms with E-state index < -0.39 is 17.3 Å². The van der Waals surface area contributed by atoms with Crippen LogP contribution >= 0.6 is 0 Å². The van der Waals surface area contributed by atoms with Crippen LogP contribution in [0.25, 0.3) is 0 Å². The zero-order valence-corrected chi connectivity index (χ0v) is 12.2. The van der Waals surface area contributed by atoms with E-state index in [-0.39, 0.29) is 29.3 Å². The van der Waals surface area contributed by atoms with Crippen molar-refractivity contribution < 1.29 is 23.0 Å². The molecule has 3 nitrogen and oxygen atoms in total. The van der Waals surface area contributed by atoms with Gasteiger partial charge in [-0.1, -0.05) is 0 Å². The molecular formula is C16H18F3NO2. The highest BCUT2D eigenvalue weighted by Gasteiger charge is 2.52. The number of ether oxygens (including phenoxy) is 1. The summed E-state index contributed by atoms with van der Waals surface area (Å²) in [4.78, 5) is 0. The van der Waals surface area contributed by atoms with Crippen LogP contribution in [0.15, 0.2) is 18.2 Å². The first-order valence-electron chi connectivity index (χ1n) is 7.31. The summed E-state index contributed by atoms with van der Waals surface area (Å²) >= 11 is 0. The molecule has 3 rings (SSSR count). The molecule has 2 fully saturated rings. The largest absolute Gasteiger partial charge is 0.490 e. The van der Waals surface area contributed by atoms with Crippen LogP contribution in [-0.4, -0.2) is 23.0 Å². The van der Waals surface area contributed by atoms with E-state index in [1.165, 1.54) is 12.1 Å². The first-order chi connectivity index (χ1) is 10.2. The predicted octanol–water partition coefficient (Wildman–Crippen LogP) is 3.63. The van der Waals surface area contributed by atoms with E-state index in [0.717, 1.165) is 12.5 Å². The summed E-state index contributed by atoms with van der Waals surface area (Å²) in [5.74, 6) is 0.525. The molecule has 0 amide bonds. The Hall–Kier alpha value is -1.56. The van der Waals surface area contributed by atoms with Gasteiger partial charge in [0.1, 0.15) is 11.9 Å². The lowest BCUT2D eigenvalue weighted by Gasteiger charge is -2.32. The Balaban J connectivity index is 1.79. The van der Waals surface area contributed by atoms with Gasteiger partial charge in [-0.15, -0.1) is 0 Å². The smallest absolute Gasteiger partial charge is 0.417 e. The minimum atomic E-state index is -4.51. The van der Waals surface area contributed by atoms with Crippen molar-refractivity contribution in [2.75, 3.05) is 0 Å². The molecule has 2 unspecified atom stereocenters. The van der Waals surface area contributed by atoms with Gasteiger partial charge in [0.2, 0.25) is 0 Å². The van der Waals surface area contributed by atoms with Crippen LogP contribution in [0.3, 0.4) is 0 Å². The van der Waals surface area contributed by atoms with Crippen LogP contribution in [0.1, 0.15) is 37.3 Å². The summed E-state index contributed by atoms with van der Waals surface area (Å²) in [6, 6.07) is 3.69. The van der Waals surface area contributed by atoms with Crippen molar-refractivity contribution >= 4 is 6.21 Å². The van der Waals surface area contributed by atoms with Gasteiger partial charge in [0.25, 0.3) is 0 Å². The lowest BCUT2D eigenvalue weighted by atomic mass is 9.84. The fourth-order valence-electron chi connectivity index (χ4n) is 3.81. The highest BCUT2D eigenvalue weighted by molar-refractivity contribution is 5.80. The van der Waals surface area contributed by atoms with Gasteiger partial charge < -0.3 is 15.3 Å². The first kappa shape index (κ1) is 15.3. The van der Waals surface area contributed by atoms with Gasteiger partial charge in [-0.3, -0.25) is 0 Å². The molecule has 0 aliphatic heterocycles. The fourth-order valence-corrected chi connectivity index (χ4v) is 3.81. The molecule has 2 bridgehead atoms. The Morgan fingerprint density at radius 3 is 2.59 bits per heavy atom. The van der Waals surface area contributed by atoms with Crippen molar-refractivity contribution in [2.24, 2.45) is 11.8 Å². The molecular weight excluding hydrogens is 295 g/mol. The average molecular weight is 313 g/mol. The van der Waals surface area contributed by atoms with Crippen molar-refractivity contribution in [1.82, 2.24) is 0 Å². The minimum Gasteiger partial charge on any atom is -0.490 e. The molecule has 0 radical (unpaired) electrons. The Kier molecular flexibility index (Phi) is 3.47. The minimum absolute atomic E-state index is 0.142. The summed E-state index contributed by atoms with van der Waals surface area (Å²) in [5.41, 5.74) is -1.70. The van der Waals surface area contributed by atoms with Gasteiger partial charge >= 0.3 is 6.18 Å². The number of halogens is 3. The number of aliphatic hydroxyl groups is 1. The number of alkyl halides is 3. The Morgan fingerprint density at radius 2 is 2.09 bits per heavy atom. The van der Waals surface area contributed by atoms with E-state index in [1.54, 1.807) is 0 Å². The molecule has 120 valence electrons. The third-order valence-corrected chi connectivity index (χ3v) is 4.96. The maximum absolute atomic E-state index is 13.0. The Bertz CT molecular complexity index is 598. The molecule has 2 saturated carbocycles. The van der Waals surface area contributed by atoms with Crippen LogP contribution in [-0.2, 0) is 6.18 Å². The van der Waals surface area contributed by atoms with Gasteiger partial charge in [-0.25, -0.2) is 0 Å². The van der Waals surface area contributed by atoms with Gasteiger partial charge in [0, 0.05) is 11.8 Å². The van der Waals surface area contributed by atoms with Crippen LogP contribution in [0.5, 0.6) is 5.75 Å². The van der Waals surface area contributed by atoms with E-state index in [9.17, 15) is 18.3 Å². The fraction of sp³-hybridized carbons (Fsp3) is 0.562. The second kappa shape index (κ2) is 4.98. The van der Waals surface area contributed by atoms with Gasteiger partial charge in [0.05, 0.1) is 11.2 Å². The lowest BCUT2D eigenvalue weighted by Crippen LogP contribution is -2.37. The molecule has 1 aromatic rings. The highest BCUT2D eigenvalue weighted by atomic mass is 19.4. The van der Waals surface area contributed by atoms with E-state index >= 15 is 0 Å². The maximum Gasteiger partial charge on any atom is 0.417 e. The van der Waals surface area contributed by atoms with Crippen molar-refractivity contribution in [3.05, 3.63) is 29.3 Å². The van der Waals surface area contributed by atoms with Crippen molar-refractivity contribution in [3.63, 3.8) is 0 Å². The number of fused-ring (bicyclic) bond motifs is 2. The van der Waals surface area contributed by atoms with Gasteiger partial charge in [0.15, 0.2) is 0 Å². The molecule has 2 aliphatic carbocycles. The highest BCUT2D eigenvalue weighted by Crippen LogP contribution is 2.51. The molecule has 1 aromatic carbocycles. The van der Waals surface area contributed by atoms with Crippen LogP contribution < -0.4 is 4.74 Å². The molecule has 2 N–H and O–H groups in total. The number of hydrogen-bond donors (Lipinski definition) is 2. The summed E-state index contributed by atoms with van der Waals surface area (Å²) < 4.78 is 44.7. The number of hydrogen-bond acceptors (Lipinski definition) is 3. The zero-order chi connectivity index (χ0) is 16.1. The second-order valence-electron chi connectivity index (χ2n) is 6.54. The third kappa shape index (κ3) is 2.60. The molecule has 22 heavy (non-hydrogen) atoms. The summed E-state index contributed by atoms with van der Waals surface area (Å²) in [6.07, 6.45) is -1.79. The standard InChI is InChI=1S/C16H18F3NO2/c1-15(21)7-10-4-11(15)5-14(10)22-12-3-2-9(8-20)13(6-12)16(17,18)19/h2-3,6,8,10-11,14,20-21H,4-5,7H2,1H3/t10-,11-,14?,15?/m0/s1.